The molecule has 46 heavy (non-hydrogen) atoms. The number of terminal acetylenes is 1. The lowest BCUT2D eigenvalue weighted by molar-refractivity contribution is 0.108. The molecule has 4 atom stereocenters. The van der Waals surface area contributed by atoms with E-state index in [9.17, 15) is 0 Å². The maximum Gasteiger partial charge on any atom is 0.319 e. The highest BCUT2D eigenvalue weighted by Crippen LogP contribution is 2.46. The Hall–Kier alpha value is -4.52. The molecule has 0 saturated carbocycles. The van der Waals surface area contributed by atoms with Crippen LogP contribution in [0.2, 0.25) is 0 Å². The van der Waals surface area contributed by atoms with Crippen molar-refractivity contribution in [2.24, 2.45) is 0 Å². The molecule has 4 fully saturated rings. The van der Waals surface area contributed by atoms with E-state index in [2.05, 4.69) is 41.1 Å². The molecule has 9 heteroatoms. The molecule has 0 radical (unpaired) electrons. The number of benzene rings is 2. The molecule has 232 valence electrons. The molecule has 9 rings (SSSR count). The van der Waals surface area contributed by atoms with Crippen LogP contribution in [0.4, 0.5) is 10.2 Å². The number of hydrogen-bond acceptors (Lipinski definition) is 8. The van der Waals surface area contributed by atoms with Crippen molar-refractivity contribution in [1.29, 1.82) is 0 Å². The summed E-state index contributed by atoms with van der Waals surface area (Å²) in [5.74, 6) is 3.16. The maximum absolute atomic E-state index is 17.1. The van der Waals surface area contributed by atoms with Gasteiger partial charge in [-0.3, -0.25) is 4.90 Å². The smallest absolute Gasteiger partial charge is 0.319 e. The van der Waals surface area contributed by atoms with Gasteiger partial charge in [0.25, 0.3) is 0 Å². The summed E-state index contributed by atoms with van der Waals surface area (Å²) in [5.41, 5.74) is 3.65. The standard InChI is InChI=1S/C37H35FN6O2/c1-5-23-8-6-9-24-10-7-11-26(28(23)24)31-30(38)32-29-34(44-18-25-12-13-27(39-25)33(44)22(4)46-35(29)40-31)42-36(41-32)45-19-37-14-20(2)16-43(37)17-21(3)15-37/h1,6-11,22,25,27,33,39H,2-3,12-19H2,4H3. The van der Waals surface area contributed by atoms with Gasteiger partial charge in [0.05, 0.1) is 11.6 Å². The van der Waals surface area contributed by atoms with E-state index in [1.807, 2.05) is 36.4 Å². The zero-order valence-electron chi connectivity index (χ0n) is 25.9. The fourth-order valence-corrected chi connectivity index (χ4v) is 8.84. The first-order valence-electron chi connectivity index (χ1n) is 16.1. The number of aromatic nitrogens is 3. The Bertz CT molecular complexity index is 2010. The fourth-order valence-electron chi connectivity index (χ4n) is 8.84. The molecule has 0 amide bonds. The topological polar surface area (TPSA) is 75.6 Å². The Balaban J connectivity index is 1.24. The van der Waals surface area contributed by atoms with Crippen molar-refractivity contribution >= 4 is 27.5 Å². The lowest BCUT2D eigenvalue weighted by Crippen LogP contribution is -2.62. The summed E-state index contributed by atoms with van der Waals surface area (Å²) in [6, 6.07) is 12.1. The summed E-state index contributed by atoms with van der Waals surface area (Å²) in [5, 5.41) is 5.91. The molecule has 1 N–H and O–H groups in total. The molecule has 5 aliphatic rings. The normalized spacial score (nSPS) is 26.2. The number of nitrogens with one attached hydrogen (secondary N) is 1. The third-order valence-corrected chi connectivity index (χ3v) is 10.7. The number of fused-ring (bicyclic) bond motifs is 7. The molecule has 4 saturated heterocycles. The first-order chi connectivity index (χ1) is 22.3. The number of nitrogens with zero attached hydrogens (tertiary/aromatic N) is 5. The van der Waals surface area contributed by atoms with Crippen molar-refractivity contribution in [2.75, 3.05) is 31.1 Å². The molecule has 5 aliphatic heterocycles. The minimum Gasteiger partial charge on any atom is -0.472 e. The van der Waals surface area contributed by atoms with Gasteiger partial charge in [-0.05, 0) is 44.1 Å². The summed E-state index contributed by atoms with van der Waals surface area (Å²) >= 11 is 0. The molecule has 2 bridgehead atoms. The third-order valence-electron chi connectivity index (χ3n) is 10.7. The predicted molar refractivity (Wildman–Crippen MR) is 177 cm³/mol. The molecule has 0 spiro atoms. The van der Waals surface area contributed by atoms with Crippen LogP contribution >= 0.6 is 0 Å². The number of rotatable bonds is 4. The molecule has 4 aromatic rings. The first kappa shape index (κ1) is 27.8. The Morgan fingerprint density at radius 1 is 1.09 bits per heavy atom. The van der Waals surface area contributed by atoms with Crippen molar-refractivity contribution < 1.29 is 13.9 Å². The predicted octanol–water partition coefficient (Wildman–Crippen LogP) is 5.39. The van der Waals surface area contributed by atoms with E-state index in [1.165, 1.54) is 11.1 Å². The maximum atomic E-state index is 17.1. The molecule has 4 unspecified atom stereocenters. The van der Waals surface area contributed by atoms with Crippen LogP contribution in [0.1, 0.15) is 38.2 Å². The van der Waals surface area contributed by atoms with E-state index >= 15 is 4.39 Å². The zero-order chi connectivity index (χ0) is 31.3. The number of halogens is 1. The van der Waals surface area contributed by atoms with Crippen LogP contribution in [0.5, 0.6) is 11.9 Å². The van der Waals surface area contributed by atoms with Gasteiger partial charge >= 0.3 is 6.01 Å². The highest BCUT2D eigenvalue weighted by Gasteiger charge is 2.49. The quantitative estimate of drug-likeness (QED) is 0.242. The Kier molecular flexibility index (Phi) is 6.03. The van der Waals surface area contributed by atoms with Crippen molar-refractivity contribution in [3.8, 4) is 35.5 Å². The van der Waals surface area contributed by atoms with Gasteiger partial charge in [-0.15, -0.1) is 6.42 Å². The van der Waals surface area contributed by atoms with Crippen LogP contribution in [0.15, 0.2) is 60.7 Å². The third kappa shape index (κ3) is 4.03. The summed E-state index contributed by atoms with van der Waals surface area (Å²) in [6.07, 6.45) is 9.45. The van der Waals surface area contributed by atoms with Gasteiger partial charge in [0.1, 0.15) is 35.1 Å². The van der Waals surface area contributed by atoms with Crippen molar-refractivity contribution in [2.45, 2.75) is 62.4 Å². The van der Waals surface area contributed by atoms with E-state index in [4.69, 9.17) is 30.8 Å². The van der Waals surface area contributed by atoms with E-state index in [1.54, 1.807) is 0 Å². The molecule has 2 aromatic heterocycles. The minimum absolute atomic E-state index is 0.0126. The van der Waals surface area contributed by atoms with Gasteiger partial charge in [-0.2, -0.15) is 9.97 Å². The fraction of sp³-hybridized carbons (Fsp3) is 0.378. The number of ether oxygens (including phenoxy) is 2. The number of pyridine rings is 1. The largest absolute Gasteiger partial charge is 0.472 e. The van der Waals surface area contributed by atoms with Gasteiger partial charge in [0.15, 0.2) is 5.82 Å². The summed E-state index contributed by atoms with van der Waals surface area (Å²) in [7, 11) is 0. The van der Waals surface area contributed by atoms with Crippen molar-refractivity contribution in [3.05, 3.63) is 72.1 Å². The second-order valence-electron chi connectivity index (χ2n) is 13.7. The summed E-state index contributed by atoms with van der Waals surface area (Å²) < 4.78 is 30.3. The minimum atomic E-state index is -0.553. The van der Waals surface area contributed by atoms with Crippen LogP contribution in [0.25, 0.3) is 32.9 Å². The number of anilines is 1. The Morgan fingerprint density at radius 2 is 1.87 bits per heavy atom. The summed E-state index contributed by atoms with van der Waals surface area (Å²) in [4.78, 5) is 19.4. The van der Waals surface area contributed by atoms with Crippen LogP contribution in [0, 0.1) is 18.2 Å². The first-order valence-corrected chi connectivity index (χ1v) is 16.1. The van der Waals surface area contributed by atoms with Crippen LogP contribution < -0.4 is 19.7 Å². The number of piperazine rings is 1. The van der Waals surface area contributed by atoms with Crippen molar-refractivity contribution in [3.63, 3.8) is 0 Å². The second-order valence-corrected chi connectivity index (χ2v) is 13.7. The Labute approximate surface area is 267 Å². The van der Waals surface area contributed by atoms with Crippen LogP contribution in [0.3, 0.4) is 0 Å². The monoisotopic (exact) mass is 614 g/mol. The van der Waals surface area contributed by atoms with Gasteiger partial charge < -0.3 is 19.7 Å². The van der Waals surface area contributed by atoms with E-state index in [0.29, 0.717) is 40.9 Å². The molecular formula is C37H35FN6O2. The lowest BCUT2D eigenvalue weighted by atomic mass is 9.92. The second kappa shape index (κ2) is 9.99. The molecule has 2 aromatic carbocycles. The zero-order valence-corrected chi connectivity index (χ0v) is 25.9. The highest BCUT2D eigenvalue weighted by molar-refractivity contribution is 6.03. The van der Waals surface area contributed by atoms with Crippen LogP contribution in [-0.4, -0.2) is 75.9 Å². The highest BCUT2D eigenvalue weighted by atomic mass is 19.1. The molecule has 0 aliphatic carbocycles. The Morgan fingerprint density at radius 3 is 2.65 bits per heavy atom. The van der Waals surface area contributed by atoms with Crippen LogP contribution in [-0.2, 0) is 0 Å². The number of hydrogen-bond donors (Lipinski definition) is 1. The van der Waals surface area contributed by atoms with Gasteiger partial charge in [-0.25, -0.2) is 9.37 Å². The lowest BCUT2D eigenvalue weighted by Gasteiger charge is -2.42. The average Bonchev–Trinajstić information content (AvgIpc) is 3.64. The molecular weight excluding hydrogens is 579 g/mol. The van der Waals surface area contributed by atoms with E-state index in [-0.39, 0.29) is 40.9 Å². The van der Waals surface area contributed by atoms with Gasteiger partial charge in [0, 0.05) is 48.2 Å². The van der Waals surface area contributed by atoms with Crippen molar-refractivity contribution in [1.82, 2.24) is 25.2 Å². The van der Waals surface area contributed by atoms with E-state index < -0.39 is 5.82 Å². The SMILES string of the molecule is C#Cc1cccc2cccc(-c3nc4c5c(nc(OCC67CC(=C)CN6CC(=C)C7)nc5c3F)N3CC5CCC(N5)C3C(C)O4)c12. The molecule has 8 nitrogen and oxygen atoms in total. The summed E-state index contributed by atoms with van der Waals surface area (Å²) in [6.45, 7) is 13.3. The van der Waals surface area contributed by atoms with Gasteiger partial charge in [-0.1, -0.05) is 60.6 Å². The average molecular weight is 615 g/mol. The van der Waals surface area contributed by atoms with E-state index in [0.717, 1.165) is 56.1 Å². The molecule has 7 heterocycles. The van der Waals surface area contributed by atoms with Gasteiger partial charge in [0.2, 0.25) is 5.88 Å².